The molecule has 2 aromatic rings. The maximum Gasteiger partial charge on any atom is 0.358 e. The van der Waals surface area contributed by atoms with Crippen LogP contribution < -0.4 is 0 Å². The van der Waals surface area contributed by atoms with Crippen molar-refractivity contribution in [2.75, 3.05) is 6.61 Å². The van der Waals surface area contributed by atoms with Crippen LogP contribution in [0, 0.1) is 0 Å². The number of benzene rings is 1. The van der Waals surface area contributed by atoms with E-state index in [1.165, 1.54) is 6.07 Å². The van der Waals surface area contributed by atoms with Gasteiger partial charge in [0.15, 0.2) is 11.5 Å². The normalized spacial score (nSPS) is 10.2. The Morgan fingerprint density at radius 3 is 2.53 bits per heavy atom. The zero-order chi connectivity index (χ0) is 13.8. The number of carbonyl (C=O) groups is 2. The van der Waals surface area contributed by atoms with Gasteiger partial charge in [-0.05, 0) is 19.1 Å². The summed E-state index contributed by atoms with van der Waals surface area (Å²) >= 11 is 0. The van der Waals surface area contributed by atoms with E-state index in [4.69, 9.17) is 14.4 Å². The molecule has 1 aromatic heterocycles. The molecule has 0 saturated carbocycles. The lowest BCUT2D eigenvalue weighted by atomic mass is 10.1. The summed E-state index contributed by atoms with van der Waals surface area (Å²) in [5.74, 6) is -1.23. The SMILES string of the molecule is CCOC(=O)c1ccc(-c2cc(C(=O)O)no2)cc1. The number of hydrogen-bond acceptors (Lipinski definition) is 5. The van der Waals surface area contributed by atoms with Crippen LogP contribution in [-0.4, -0.2) is 28.8 Å². The van der Waals surface area contributed by atoms with E-state index in [1.54, 1.807) is 31.2 Å². The van der Waals surface area contributed by atoms with Gasteiger partial charge in [0.2, 0.25) is 0 Å². The number of aromatic nitrogens is 1. The van der Waals surface area contributed by atoms with Crippen LogP contribution in [0.4, 0.5) is 0 Å². The Labute approximate surface area is 108 Å². The van der Waals surface area contributed by atoms with E-state index in [0.717, 1.165) is 0 Å². The van der Waals surface area contributed by atoms with E-state index < -0.39 is 11.9 Å². The van der Waals surface area contributed by atoms with Crippen LogP contribution in [0.1, 0.15) is 27.8 Å². The largest absolute Gasteiger partial charge is 0.476 e. The van der Waals surface area contributed by atoms with Crippen molar-refractivity contribution in [2.45, 2.75) is 6.92 Å². The minimum Gasteiger partial charge on any atom is -0.476 e. The first kappa shape index (κ1) is 12.8. The molecule has 0 radical (unpaired) electrons. The van der Waals surface area contributed by atoms with Crippen molar-refractivity contribution in [1.29, 1.82) is 0 Å². The fourth-order valence-electron chi connectivity index (χ4n) is 1.50. The maximum atomic E-state index is 11.5. The molecule has 6 nitrogen and oxygen atoms in total. The molecule has 19 heavy (non-hydrogen) atoms. The van der Waals surface area contributed by atoms with E-state index in [2.05, 4.69) is 5.16 Å². The fourth-order valence-corrected chi connectivity index (χ4v) is 1.50. The van der Waals surface area contributed by atoms with Crippen LogP contribution in [0.25, 0.3) is 11.3 Å². The number of carboxylic acid groups (broad SMARTS) is 1. The van der Waals surface area contributed by atoms with Crippen LogP contribution >= 0.6 is 0 Å². The number of carbonyl (C=O) groups excluding carboxylic acids is 1. The molecule has 1 heterocycles. The van der Waals surface area contributed by atoms with Gasteiger partial charge in [0.1, 0.15) is 0 Å². The van der Waals surface area contributed by atoms with E-state index >= 15 is 0 Å². The summed E-state index contributed by atoms with van der Waals surface area (Å²) in [6.45, 7) is 2.04. The molecular formula is C13H11NO5. The molecule has 0 aliphatic heterocycles. The molecule has 0 atom stereocenters. The molecule has 98 valence electrons. The summed E-state index contributed by atoms with van der Waals surface area (Å²) in [4.78, 5) is 22.1. The zero-order valence-corrected chi connectivity index (χ0v) is 10.1. The van der Waals surface area contributed by atoms with Crippen molar-refractivity contribution in [2.24, 2.45) is 0 Å². The van der Waals surface area contributed by atoms with E-state index in [-0.39, 0.29) is 5.69 Å². The van der Waals surface area contributed by atoms with Gasteiger partial charge in [-0.1, -0.05) is 17.3 Å². The highest BCUT2D eigenvalue weighted by Gasteiger charge is 2.13. The Morgan fingerprint density at radius 1 is 1.32 bits per heavy atom. The van der Waals surface area contributed by atoms with Crippen LogP contribution in [0.2, 0.25) is 0 Å². The number of esters is 1. The Kier molecular flexibility index (Phi) is 3.61. The average molecular weight is 261 g/mol. The van der Waals surface area contributed by atoms with Crippen molar-refractivity contribution >= 4 is 11.9 Å². The average Bonchev–Trinajstić information content (AvgIpc) is 2.89. The van der Waals surface area contributed by atoms with Crippen LogP contribution in [0.15, 0.2) is 34.9 Å². The monoisotopic (exact) mass is 261 g/mol. The molecule has 1 N–H and O–H groups in total. The van der Waals surface area contributed by atoms with Crippen molar-refractivity contribution < 1.29 is 24.0 Å². The predicted octanol–water partition coefficient (Wildman–Crippen LogP) is 2.22. The number of aromatic carboxylic acids is 1. The maximum absolute atomic E-state index is 11.5. The number of ether oxygens (including phenoxy) is 1. The number of rotatable bonds is 4. The van der Waals surface area contributed by atoms with Crippen LogP contribution in [-0.2, 0) is 4.74 Å². The van der Waals surface area contributed by atoms with Gasteiger partial charge in [-0.25, -0.2) is 9.59 Å². The standard InChI is InChI=1S/C13H11NO5/c1-2-18-13(17)9-5-3-8(4-6-9)11-7-10(12(15)16)14-19-11/h3-7H,2H2,1H3,(H,15,16). The predicted molar refractivity (Wildman–Crippen MR) is 64.9 cm³/mol. The minimum atomic E-state index is -1.15. The minimum absolute atomic E-state index is 0.163. The molecule has 0 saturated heterocycles. The van der Waals surface area contributed by atoms with Gasteiger partial charge in [-0.3, -0.25) is 0 Å². The molecule has 0 fully saturated rings. The Morgan fingerprint density at radius 2 is 2.00 bits per heavy atom. The fraction of sp³-hybridized carbons (Fsp3) is 0.154. The first-order valence-electron chi connectivity index (χ1n) is 5.59. The summed E-state index contributed by atoms with van der Waals surface area (Å²) < 4.78 is 9.77. The van der Waals surface area contributed by atoms with Crippen LogP contribution in [0.5, 0.6) is 0 Å². The highest BCUT2D eigenvalue weighted by atomic mass is 16.5. The lowest BCUT2D eigenvalue weighted by Crippen LogP contribution is -2.03. The molecule has 0 amide bonds. The summed E-state index contributed by atoms with van der Waals surface area (Å²) in [6, 6.07) is 7.76. The van der Waals surface area contributed by atoms with E-state index in [0.29, 0.717) is 23.5 Å². The first-order valence-corrected chi connectivity index (χ1v) is 5.59. The summed E-state index contributed by atoms with van der Waals surface area (Å²) in [5.41, 5.74) is 0.890. The molecular weight excluding hydrogens is 250 g/mol. The third-order valence-electron chi connectivity index (χ3n) is 2.41. The molecule has 0 spiro atoms. The van der Waals surface area contributed by atoms with Gasteiger partial charge < -0.3 is 14.4 Å². The summed E-state index contributed by atoms with van der Waals surface area (Å²) in [6.07, 6.45) is 0. The zero-order valence-electron chi connectivity index (χ0n) is 10.1. The van der Waals surface area contributed by atoms with Crippen molar-refractivity contribution in [3.05, 3.63) is 41.6 Å². The van der Waals surface area contributed by atoms with Gasteiger partial charge in [-0.2, -0.15) is 0 Å². The summed E-state index contributed by atoms with van der Waals surface area (Å²) in [7, 11) is 0. The lowest BCUT2D eigenvalue weighted by Gasteiger charge is -2.01. The molecule has 0 aliphatic rings. The number of hydrogen-bond donors (Lipinski definition) is 1. The number of carboxylic acids is 1. The van der Waals surface area contributed by atoms with E-state index in [1.807, 2.05) is 0 Å². The third kappa shape index (κ3) is 2.79. The Hall–Kier alpha value is -2.63. The molecule has 2 rings (SSSR count). The first-order chi connectivity index (χ1) is 9.11. The molecule has 0 unspecified atom stereocenters. The Bertz CT molecular complexity index is 600. The smallest absolute Gasteiger partial charge is 0.358 e. The highest BCUT2D eigenvalue weighted by Crippen LogP contribution is 2.21. The van der Waals surface area contributed by atoms with Gasteiger partial charge in [0.05, 0.1) is 12.2 Å². The quantitative estimate of drug-likeness (QED) is 0.848. The van der Waals surface area contributed by atoms with E-state index in [9.17, 15) is 9.59 Å². The van der Waals surface area contributed by atoms with Crippen molar-refractivity contribution in [1.82, 2.24) is 5.16 Å². The third-order valence-corrected chi connectivity index (χ3v) is 2.41. The molecule has 6 heteroatoms. The second kappa shape index (κ2) is 5.34. The Balaban J connectivity index is 2.22. The van der Waals surface area contributed by atoms with Crippen molar-refractivity contribution in [3.63, 3.8) is 0 Å². The summed E-state index contributed by atoms with van der Waals surface area (Å²) in [5, 5.41) is 12.2. The lowest BCUT2D eigenvalue weighted by molar-refractivity contribution is 0.0525. The van der Waals surface area contributed by atoms with Gasteiger partial charge in [-0.15, -0.1) is 0 Å². The number of nitrogens with zero attached hydrogens (tertiary/aromatic N) is 1. The second-order valence-corrected chi connectivity index (χ2v) is 3.68. The van der Waals surface area contributed by atoms with Crippen LogP contribution in [0.3, 0.4) is 0 Å². The topological polar surface area (TPSA) is 89.6 Å². The highest BCUT2D eigenvalue weighted by molar-refractivity contribution is 5.90. The molecule has 0 aliphatic carbocycles. The van der Waals surface area contributed by atoms with Gasteiger partial charge in [0.25, 0.3) is 0 Å². The molecule has 1 aromatic carbocycles. The second-order valence-electron chi connectivity index (χ2n) is 3.68. The van der Waals surface area contributed by atoms with Gasteiger partial charge in [0, 0.05) is 11.6 Å². The van der Waals surface area contributed by atoms with Gasteiger partial charge >= 0.3 is 11.9 Å². The van der Waals surface area contributed by atoms with Crippen molar-refractivity contribution in [3.8, 4) is 11.3 Å². The molecule has 0 bridgehead atoms.